The number of thiophene rings is 1. The Balaban J connectivity index is 1.92. The molecule has 2 aromatic carbocycles. The van der Waals surface area contributed by atoms with Gasteiger partial charge in [-0.2, -0.15) is 0 Å². The molecule has 0 saturated heterocycles. The van der Waals surface area contributed by atoms with Crippen molar-refractivity contribution < 1.29 is 17.6 Å². The second-order valence-electron chi connectivity index (χ2n) is 5.57. The zero-order valence-corrected chi connectivity index (χ0v) is 18.1. The minimum atomic E-state index is -4.12. The average molecular weight is 504 g/mol. The van der Waals surface area contributed by atoms with Crippen LogP contribution in [0.4, 0.5) is 15.8 Å². The van der Waals surface area contributed by atoms with E-state index in [2.05, 4.69) is 21.2 Å². The monoisotopic (exact) mass is 502 g/mol. The molecule has 0 fully saturated rings. The van der Waals surface area contributed by atoms with Gasteiger partial charge < -0.3 is 5.32 Å². The normalized spacial score (nSPS) is 11.2. The highest BCUT2D eigenvalue weighted by Gasteiger charge is 2.29. The number of sulfonamides is 1. The molecule has 0 saturated carbocycles. The Labute approximate surface area is 178 Å². The van der Waals surface area contributed by atoms with E-state index in [0.29, 0.717) is 15.2 Å². The van der Waals surface area contributed by atoms with E-state index in [1.165, 1.54) is 30.3 Å². The van der Waals surface area contributed by atoms with E-state index in [-0.39, 0.29) is 9.90 Å². The number of carbonyl (C=O) groups excluding carboxylic acids is 1. The van der Waals surface area contributed by atoms with Gasteiger partial charge in [-0.05, 0) is 57.7 Å². The van der Waals surface area contributed by atoms with E-state index in [9.17, 15) is 17.6 Å². The van der Waals surface area contributed by atoms with Gasteiger partial charge in [-0.25, -0.2) is 12.8 Å². The molecular formula is C18H13BrClFN2O3S2. The highest BCUT2D eigenvalue weighted by atomic mass is 79.9. The zero-order valence-electron chi connectivity index (χ0n) is 14.1. The van der Waals surface area contributed by atoms with Crippen LogP contribution in [0.1, 0.15) is 0 Å². The molecule has 1 amide bonds. The smallest absolute Gasteiger partial charge is 0.274 e. The minimum absolute atomic E-state index is 0.00948. The van der Waals surface area contributed by atoms with Crippen LogP contribution in [-0.2, 0) is 14.8 Å². The Morgan fingerprint density at radius 3 is 2.57 bits per heavy atom. The maximum atomic E-state index is 14.3. The third kappa shape index (κ3) is 4.54. The van der Waals surface area contributed by atoms with Crippen molar-refractivity contribution in [2.45, 2.75) is 4.21 Å². The molecule has 1 aromatic heterocycles. The van der Waals surface area contributed by atoms with Gasteiger partial charge in [0.05, 0.1) is 10.7 Å². The third-order valence-corrected chi connectivity index (χ3v) is 8.02. The summed E-state index contributed by atoms with van der Waals surface area (Å²) in [5.41, 5.74) is 0.181. The molecule has 1 N–H and O–H groups in total. The largest absolute Gasteiger partial charge is 0.324 e. The number of nitrogens with zero attached hydrogens (tertiary/aromatic N) is 1. The maximum absolute atomic E-state index is 14.3. The Kier molecular flexibility index (Phi) is 6.39. The van der Waals surface area contributed by atoms with Gasteiger partial charge in [0, 0.05) is 10.2 Å². The number of rotatable bonds is 6. The standard InChI is InChI=1S/C18H13BrClFN2O3S2/c19-13-8-7-12(10-14(13)20)22-17(24)11-23(16-5-2-1-4-15(16)21)28(25,26)18-6-3-9-27-18/h1-10H,11H2,(H,22,24). The van der Waals surface area contributed by atoms with Crippen molar-refractivity contribution in [2.24, 2.45) is 0 Å². The quantitative estimate of drug-likeness (QED) is 0.507. The van der Waals surface area contributed by atoms with Gasteiger partial charge in [0.1, 0.15) is 16.6 Å². The molecule has 10 heteroatoms. The van der Waals surface area contributed by atoms with Crippen LogP contribution < -0.4 is 9.62 Å². The zero-order chi connectivity index (χ0) is 20.3. The van der Waals surface area contributed by atoms with Crippen molar-refractivity contribution in [3.8, 4) is 0 Å². The van der Waals surface area contributed by atoms with Gasteiger partial charge in [0.2, 0.25) is 5.91 Å². The van der Waals surface area contributed by atoms with E-state index in [0.717, 1.165) is 21.7 Å². The van der Waals surface area contributed by atoms with Crippen molar-refractivity contribution in [1.82, 2.24) is 0 Å². The Morgan fingerprint density at radius 1 is 1.18 bits per heavy atom. The SMILES string of the molecule is O=C(CN(c1ccccc1F)S(=O)(=O)c1cccs1)Nc1ccc(Br)c(Cl)c1. The third-order valence-electron chi connectivity index (χ3n) is 3.65. The summed E-state index contributed by atoms with van der Waals surface area (Å²) in [4.78, 5) is 12.5. The van der Waals surface area contributed by atoms with E-state index in [1.807, 2.05) is 0 Å². The van der Waals surface area contributed by atoms with Gasteiger partial charge in [0.15, 0.2) is 0 Å². The van der Waals surface area contributed by atoms with Gasteiger partial charge in [0.25, 0.3) is 10.0 Å². The number of anilines is 2. The molecule has 1 heterocycles. The molecule has 0 radical (unpaired) electrons. The number of hydrogen-bond donors (Lipinski definition) is 1. The second-order valence-corrected chi connectivity index (χ2v) is 9.87. The first-order valence-corrected chi connectivity index (χ1v) is 11.3. The van der Waals surface area contributed by atoms with Gasteiger partial charge in [-0.1, -0.05) is 29.8 Å². The lowest BCUT2D eigenvalue weighted by atomic mass is 10.3. The van der Waals surface area contributed by atoms with Crippen molar-refractivity contribution >= 4 is 66.2 Å². The topological polar surface area (TPSA) is 66.5 Å². The van der Waals surface area contributed by atoms with E-state index >= 15 is 0 Å². The molecule has 3 aromatic rings. The summed E-state index contributed by atoms with van der Waals surface area (Å²) in [6.45, 7) is -0.602. The lowest BCUT2D eigenvalue weighted by molar-refractivity contribution is -0.114. The molecule has 3 rings (SSSR count). The summed E-state index contributed by atoms with van der Waals surface area (Å²) < 4.78 is 41.7. The highest BCUT2D eigenvalue weighted by Crippen LogP contribution is 2.29. The summed E-state index contributed by atoms with van der Waals surface area (Å²) in [6, 6.07) is 13.1. The first-order chi connectivity index (χ1) is 13.3. The van der Waals surface area contributed by atoms with Crippen molar-refractivity contribution in [1.29, 1.82) is 0 Å². The van der Waals surface area contributed by atoms with Crippen LogP contribution in [0.15, 0.2) is 68.7 Å². The Morgan fingerprint density at radius 2 is 1.93 bits per heavy atom. The molecular weight excluding hydrogens is 491 g/mol. The highest BCUT2D eigenvalue weighted by molar-refractivity contribution is 9.10. The van der Waals surface area contributed by atoms with Gasteiger partial charge in [-0.3, -0.25) is 9.10 Å². The number of amides is 1. The summed E-state index contributed by atoms with van der Waals surface area (Å²) >= 11 is 10.2. The van der Waals surface area contributed by atoms with Gasteiger partial charge in [-0.15, -0.1) is 11.3 Å². The molecule has 0 aliphatic heterocycles. The molecule has 0 bridgehead atoms. The van der Waals surface area contributed by atoms with Crippen molar-refractivity contribution in [2.75, 3.05) is 16.2 Å². The van der Waals surface area contributed by atoms with Crippen LogP contribution in [0, 0.1) is 5.82 Å². The van der Waals surface area contributed by atoms with Crippen LogP contribution >= 0.6 is 38.9 Å². The summed E-state index contributed by atoms with van der Waals surface area (Å²) in [7, 11) is -4.12. The first-order valence-electron chi connectivity index (χ1n) is 7.85. The first kappa shape index (κ1) is 20.8. The Hall–Kier alpha value is -1.94. The molecule has 0 unspecified atom stereocenters. The summed E-state index contributed by atoms with van der Waals surface area (Å²) in [6.07, 6.45) is 0. The number of hydrogen-bond acceptors (Lipinski definition) is 4. The maximum Gasteiger partial charge on any atom is 0.274 e. The van der Waals surface area contributed by atoms with Crippen LogP contribution in [0.3, 0.4) is 0 Å². The average Bonchev–Trinajstić information content (AvgIpc) is 3.19. The fourth-order valence-electron chi connectivity index (χ4n) is 2.38. The predicted octanol–water partition coefficient (Wildman–Crippen LogP) is 5.14. The van der Waals surface area contributed by atoms with Crippen molar-refractivity contribution in [3.63, 3.8) is 0 Å². The second kappa shape index (κ2) is 8.60. The lowest BCUT2D eigenvalue weighted by Gasteiger charge is -2.23. The van der Waals surface area contributed by atoms with E-state index in [1.54, 1.807) is 23.6 Å². The molecule has 5 nitrogen and oxygen atoms in total. The number of carbonyl (C=O) groups is 1. The molecule has 0 atom stereocenters. The van der Waals surface area contributed by atoms with E-state index < -0.39 is 28.3 Å². The van der Waals surface area contributed by atoms with Crippen LogP contribution in [-0.4, -0.2) is 20.9 Å². The molecule has 28 heavy (non-hydrogen) atoms. The van der Waals surface area contributed by atoms with Crippen LogP contribution in [0.25, 0.3) is 0 Å². The fraction of sp³-hybridized carbons (Fsp3) is 0.0556. The van der Waals surface area contributed by atoms with Gasteiger partial charge >= 0.3 is 0 Å². The minimum Gasteiger partial charge on any atom is -0.324 e. The predicted molar refractivity (Wildman–Crippen MR) is 113 cm³/mol. The molecule has 146 valence electrons. The summed E-state index contributed by atoms with van der Waals surface area (Å²) in [5, 5.41) is 4.56. The van der Waals surface area contributed by atoms with Crippen LogP contribution in [0.5, 0.6) is 0 Å². The number of para-hydroxylation sites is 1. The van der Waals surface area contributed by atoms with Crippen LogP contribution in [0.2, 0.25) is 5.02 Å². The molecule has 0 aliphatic carbocycles. The number of halogens is 3. The molecule has 0 aliphatic rings. The Bertz CT molecular complexity index is 1110. The van der Waals surface area contributed by atoms with Crippen molar-refractivity contribution in [3.05, 3.63) is 75.3 Å². The number of nitrogens with one attached hydrogen (secondary N) is 1. The van der Waals surface area contributed by atoms with E-state index in [4.69, 9.17) is 11.6 Å². The lowest BCUT2D eigenvalue weighted by Crippen LogP contribution is -2.38. The fourth-order valence-corrected chi connectivity index (χ4v) is 5.34. The summed E-state index contributed by atoms with van der Waals surface area (Å²) in [5.74, 6) is -1.39. The number of benzene rings is 2. The molecule has 0 spiro atoms.